The lowest BCUT2D eigenvalue weighted by atomic mass is 9.94. The minimum Gasteiger partial charge on any atom is -0.478 e. The Bertz CT molecular complexity index is 1100. The van der Waals surface area contributed by atoms with Crippen molar-refractivity contribution < 1.29 is 14.6 Å². The monoisotopic (exact) mass is 453 g/mol. The number of carboxylic acid groups (broad SMARTS) is 1. The average Bonchev–Trinajstić information content (AvgIpc) is 3.13. The van der Waals surface area contributed by atoms with Crippen LogP contribution in [0, 0.1) is 5.92 Å². The number of fused-ring (bicyclic) bond motifs is 1. The Morgan fingerprint density at radius 3 is 2.50 bits per heavy atom. The van der Waals surface area contributed by atoms with Gasteiger partial charge in [-0.2, -0.15) is 0 Å². The minimum absolute atomic E-state index is 0.0448. The van der Waals surface area contributed by atoms with Crippen LogP contribution in [0.5, 0.6) is 0 Å². The number of anilines is 1. The molecule has 1 saturated heterocycles. The van der Waals surface area contributed by atoms with E-state index in [0.29, 0.717) is 11.5 Å². The van der Waals surface area contributed by atoms with Crippen molar-refractivity contribution in [2.75, 3.05) is 24.6 Å². The zero-order valence-electron chi connectivity index (χ0n) is 19.2. The van der Waals surface area contributed by atoms with Crippen molar-refractivity contribution >= 4 is 34.6 Å². The van der Waals surface area contributed by atoms with E-state index in [-0.39, 0.29) is 5.41 Å². The topological polar surface area (TPSA) is 67.6 Å². The molecule has 170 valence electrons. The van der Waals surface area contributed by atoms with E-state index in [4.69, 9.17) is 14.8 Å². The average molecular weight is 454 g/mol. The van der Waals surface area contributed by atoms with Crippen molar-refractivity contribution in [3.05, 3.63) is 53.9 Å². The van der Waals surface area contributed by atoms with Gasteiger partial charge in [-0.1, -0.05) is 20.8 Å². The first kappa shape index (κ1) is 22.7. The van der Waals surface area contributed by atoms with Crippen LogP contribution in [0.15, 0.2) is 47.4 Å². The molecule has 1 aliphatic heterocycles. The number of imidazole rings is 1. The van der Waals surface area contributed by atoms with Crippen molar-refractivity contribution in [2.24, 2.45) is 5.92 Å². The largest absolute Gasteiger partial charge is 0.478 e. The number of carbonyl (C=O) groups is 1. The maximum atomic E-state index is 11.1. The van der Waals surface area contributed by atoms with E-state index < -0.39 is 5.97 Å². The summed E-state index contributed by atoms with van der Waals surface area (Å²) in [5.41, 5.74) is 3.49. The molecule has 0 amide bonds. The molecule has 0 radical (unpaired) electrons. The highest BCUT2D eigenvalue weighted by molar-refractivity contribution is 8.00. The van der Waals surface area contributed by atoms with Gasteiger partial charge >= 0.3 is 5.97 Å². The van der Waals surface area contributed by atoms with Gasteiger partial charge in [0.25, 0.3) is 0 Å². The summed E-state index contributed by atoms with van der Waals surface area (Å²) in [5, 5.41) is 9.09. The van der Waals surface area contributed by atoms with Crippen molar-refractivity contribution in [3.8, 4) is 0 Å². The summed E-state index contributed by atoms with van der Waals surface area (Å²) in [6.07, 6.45) is 2.20. The summed E-state index contributed by atoms with van der Waals surface area (Å²) in [4.78, 5) is 17.1. The van der Waals surface area contributed by atoms with E-state index in [1.54, 1.807) is 24.1 Å². The molecule has 1 N–H and O–H groups in total. The van der Waals surface area contributed by atoms with E-state index >= 15 is 0 Å². The Morgan fingerprint density at radius 1 is 1.19 bits per heavy atom. The highest BCUT2D eigenvalue weighted by Gasteiger charge is 2.25. The summed E-state index contributed by atoms with van der Waals surface area (Å²) in [7, 11) is 2.01. The molecule has 3 aromatic rings. The van der Waals surface area contributed by atoms with Crippen LogP contribution < -0.4 is 4.31 Å². The fourth-order valence-electron chi connectivity index (χ4n) is 4.13. The van der Waals surface area contributed by atoms with E-state index in [1.165, 1.54) is 5.52 Å². The van der Waals surface area contributed by atoms with Gasteiger partial charge in [0.15, 0.2) is 0 Å². The molecule has 0 spiro atoms. The number of nitrogens with zero attached hydrogens (tertiary/aromatic N) is 3. The van der Waals surface area contributed by atoms with Gasteiger partial charge in [0, 0.05) is 42.8 Å². The number of aromatic nitrogens is 2. The van der Waals surface area contributed by atoms with Crippen LogP contribution in [-0.4, -0.2) is 40.9 Å². The molecular formula is C25H31N3O3S. The third kappa shape index (κ3) is 4.94. The Hall–Kier alpha value is -2.51. The number of benzene rings is 2. The molecule has 1 aliphatic rings. The van der Waals surface area contributed by atoms with Crippen LogP contribution in [0.2, 0.25) is 0 Å². The number of ether oxygens (including phenoxy) is 1. The van der Waals surface area contributed by atoms with Gasteiger partial charge in [0.1, 0.15) is 5.82 Å². The molecule has 4 rings (SSSR count). The molecule has 0 aliphatic carbocycles. The number of carboxylic acids is 1. The summed E-state index contributed by atoms with van der Waals surface area (Å²) in [5.74, 6) is 0.830. The fraction of sp³-hybridized carbons (Fsp3) is 0.440. The van der Waals surface area contributed by atoms with Crippen molar-refractivity contribution in [1.29, 1.82) is 0 Å². The number of rotatable bonds is 6. The van der Waals surface area contributed by atoms with Crippen LogP contribution in [0.3, 0.4) is 0 Å². The number of hydrogen-bond acceptors (Lipinski definition) is 5. The van der Waals surface area contributed by atoms with Crippen LogP contribution in [0.25, 0.3) is 11.0 Å². The molecule has 32 heavy (non-hydrogen) atoms. The first-order valence-electron chi connectivity index (χ1n) is 11.1. The highest BCUT2D eigenvalue weighted by atomic mass is 32.2. The van der Waals surface area contributed by atoms with E-state index in [0.717, 1.165) is 54.5 Å². The molecule has 2 heterocycles. The van der Waals surface area contributed by atoms with Gasteiger partial charge in [-0.3, -0.25) is 0 Å². The maximum absolute atomic E-state index is 11.1. The molecule has 1 aromatic heterocycles. The summed E-state index contributed by atoms with van der Waals surface area (Å²) in [6.45, 7) is 9.34. The fourth-order valence-corrected chi connectivity index (χ4v) is 4.92. The standard InChI is InChI=1S/C25H31N3O3S/c1-25(2,3)24-26-21-15-19(27(4)32-20-8-5-18(6-9-20)23(29)30)7-10-22(21)28(24)16-17-11-13-31-14-12-17/h5-10,15,17H,11-14,16H2,1-4H3,(H,29,30). The molecular weight excluding hydrogens is 422 g/mol. The zero-order chi connectivity index (χ0) is 22.9. The Labute approximate surface area is 193 Å². The Kier molecular flexibility index (Phi) is 6.49. The van der Waals surface area contributed by atoms with E-state index in [2.05, 4.69) is 47.8 Å². The first-order chi connectivity index (χ1) is 15.2. The second-order valence-corrected chi connectivity index (χ2v) is 10.6. The van der Waals surface area contributed by atoms with Gasteiger partial charge in [0.05, 0.1) is 16.6 Å². The summed E-state index contributed by atoms with van der Waals surface area (Å²) >= 11 is 1.56. The van der Waals surface area contributed by atoms with Crippen LogP contribution in [0.4, 0.5) is 5.69 Å². The molecule has 2 aromatic carbocycles. The van der Waals surface area contributed by atoms with Gasteiger partial charge in [-0.15, -0.1) is 0 Å². The predicted molar refractivity (Wildman–Crippen MR) is 130 cm³/mol. The molecule has 7 heteroatoms. The summed E-state index contributed by atoms with van der Waals surface area (Å²) < 4.78 is 10.0. The van der Waals surface area contributed by atoms with Gasteiger partial charge in [-0.25, -0.2) is 9.78 Å². The van der Waals surface area contributed by atoms with Crippen LogP contribution in [0.1, 0.15) is 49.8 Å². The second-order valence-electron chi connectivity index (χ2n) is 9.44. The van der Waals surface area contributed by atoms with E-state index in [1.807, 2.05) is 19.2 Å². The smallest absolute Gasteiger partial charge is 0.335 e. The lowest BCUT2D eigenvalue weighted by Crippen LogP contribution is -2.25. The predicted octanol–water partition coefficient (Wildman–Crippen LogP) is 5.60. The van der Waals surface area contributed by atoms with Gasteiger partial charge in [0.2, 0.25) is 0 Å². The third-order valence-electron chi connectivity index (χ3n) is 5.89. The highest BCUT2D eigenvalue weighted by Crippen LogP contribution is 2.33. The molecule has 0 atom stereocenters. The number of aromatic carboxylic acids is 1. The van der Waals surface area contributed by atoms with Crippen molar-refractivity contribution in [1.82, 2.24) is 9.55 Å². The Balaban J connectivity index is 1.60. The maximum Gasteiger partial charge on any atom is 0.335 e. The molecule has 0 saturated carbocycles. The molecule has 1 fully saturated rings. The third-order valence-corrected chi connectivity index (χ3v) is 6.86. The first-order valence-corrected chi connectivity index (χ1v) is 11.8. The van der Waals surface area contributed by atoms with Crippen LogP contribution in [-0.2, 0) is 16.7 Å². The SMILES string of the molecule is CN(Sc1ccc(C(=O)O)cc1)c1ccc2c(c1)nc(C(C)(C)C)n2CC1CCOCC1. The summed E-state index contributed by atoms with van der Waals surface area (Å²) in [6, 6.07) is 13.4. The lowest BCUT2D eigenvalue weighted by Gasteiger charge is -2.26. The molecule has 0 bridgehead atoms. The minimum atomic E-state index is -0.911. The Morgan fingerprint density at radius 2 is 1.88 bits per heavy atom. The zero-order valence-corrected chi connectivity index (χ0v) is 20.0. The van der Waals surface area contributed by atoms with Crippen molar-refractivity contribution in [3.63, 3.8) is 0 Å². The van der Waals surface area contributed by atoms with Crippen molar-refractivity contribution in [2.45, 2.75) is 50.5 Å². The van der Waals surface area contributed by atoms with Gasteiger partial charge in [-0.05, 0) is 73.2 Å². The molecule has 6 nitrogen and oxygen atoms in total. The molecule has 0 unspecified atom stereocenters. The van der Waals surface area contributed by atoms with E-state index in [9.17, 15) is 4.79 Å². The quantitative estimate of drug-likeness (QED) is 0.490. The normalized spacial score (nSPS) is 15.2. The second kappa shape index (κ2) is 9.16. The number of hydrogen-bond donors (Lipinski definition) is 1. The lowest BCUT2D eigenvalue weighted by molar-refractivity contribution is 0.0611. The van der Waals surface area contributed by atoms with Gasteiger partial charge < -0.3 is 18.7 Å². The van der Waals surface area contributed by atoms with Crippen LogP contribution >= 0.6 is 11.9 Å².